The Kier molecular flexibility index (Phi) is 4.85. The largest absolute Gasteiger partial charge is 0.350 e. The number of benzene rings is 3. The molecule has 1 aliphatic heterocycles. The van der Waals surface area contributed by atoms with Crippen LogP contribution in [0.1, 0.15) is 5.56 Å². The molecule has 0 aliphatic carbocycles. The van der Waals surface area contributed by atoms with Gasteiger partial charge in [0.2, 0.25) is 0 Å². The van der Waals surface area contributed by atoms with Crippen molar-refractivity contribution in [1.82, 2.24) is 4.90 Å². The van der Waals surface area contributed by atoms with Crippen molar-refractivity contribution in [3.05, 3.63) is 101 Å². The molecule has 0 radical (unpaired) electrons. The Morgan fingerprint density at radius 2 is 1.67 bits per heavy atom. The van der Waals surface area contributed by atoms with Crippen LogP contribution in [0.3, 0.4) is 0 Å². The molecule has 1 heterocycles. The Morgan fingerprint density at radius 1 is 0.967 bits per heavy atom. The van der Waals surface area contributed by atoms with E-state index in [9.17, 15) is 19.7 Å². The van der Waals surface area contributed by atoms with Gasteiger partial charge in [-0.25, -0.2) is 0 Å². The minimum atomic E-state index is -0.515. The fourth-order valence-electron chi connectivity index (χ4n) is 3.47. The second kappa shape index (κ2) is 7.63. The van der Waals surface area contributed by atoms with E-state index in [1.807, 2.05) is 42.5 Å². The van der Waals surface area contributed by atoms with Crippen molar-refractivity contribution in [1.29, 1.82) is 0 Å². The van der Waals surface area contributed by atoms with Gasteiger partial charge in [0.1, 0.15) is 5.70 Å². The minimum absolute atomic E-state index is 0.0644. The number of anilines is 1. The van der Waals surface area contributed by atoms with Crippen LogP contribution in [0.5, 0.6) is 0 Å². The van der Waals surface area contributed by atoms with E-state index in [1.54, 1.807) is 0 Å². The van der Waals surface area contributed by atoms with Crippen molar-refractivity contribution < 1.29 is 14.5 Å². The van der Waals surface area contributed by atoms with Gasteiger partial charge in [-0.1, -0.05) is 42.5 Å². The van der Waals surface area contributed by atoms with E-state index < -0.39 is 16.7 Å². The first-order valence-electron chi connectivity index (χ1n) is 9.22. The van der Waals surface area contributed by atoms with Crippen molar-refractivity contribution in [2.45, 2.75) is 0 Å². The number of carbonyl (C=O) groups excluding carboxylic acids is 2. The Morgan fingerprint density at radius 3 is 2.37 bits per heavy atom. The molecule has 0 spiro atoms. The smallest absolute Gasteiger partial charge is 0.278 e. The molecule has 0 fully saturated rings. The van der Waals surface area contributed by atoms with Gasteiger partial charge >= 0.3 is 0 Å². The van der Waals surface area contributed by atoms with Crippen LogP contribution in [0.2, 0.25) is 0 Å². The molecule has 4 rings (SSSR count). The highest BCUT2D eigenvalue weighted by molar-refractivity contribution is 6.36. The van der Waals surface area contributed by atoms with Gasteiger partial charge in [0, 0.05) is 29.8 Å². The van der Waals surface area contributed by atoms with Gasteiger partial charge in [-0.15, -0.1) is 6.58 Å². The van der Waals surface area contributed by atoms with Crippen LogP contribution in [-0.4, -0.2) is 28.2 Å². The average Bonchev–Trinajstić information content (AvgIpc) is 2.98. The maximum Gasteiger partial charge on any atom is 0.278 e. The summed E-state index contributed by atoms with van der Waals surface area (Å²) < 4.78 is 0. The van der Waals surface area contributed by atoms with E-state index >= 15 is 0 Å². The maximum atomic E-state index is 13.0. The minimum Gasteiger partial charge on any atom is -0.350 e. The van der Waals surface area contributed by atoms with Crippen LogP contribution in [-0.2, 0) is 9.59 Å². The zero-order chi connectivity index (χ0) is 21.3. The molecule has 0 bridgehead atoms. The molecule has 1 aliphatic rings. The highest BCUT2D eigenvalue weighted by atomic mass is 16.6. The molecule has 3 aromatic rings. The van der Waals surface area contributed by atoms with Gasteiger partial charge in [0.05, 0.1) is 10.5 Å². The predicted molar refractivity (Wildman–Crippen MR) is 115 cm³/mol. The van der Waals surface area contributed by atoms with Crippen molar-refractivity contribution in [3.8, 4) is 0 Å². The van der Waals surface area contributed by atoms with Crippen LogP contribution in [0.4, 0.5) is 11.4 Å². The third-order valence-electron chi connectivity index (χ3n) is 4.90. The summed E-state index contributed by atoms with van der Waals surface area (Å²) in [5.41, 5.74) is 1.32. The van der Waals surface area contributed by atoms with Gasteiger partial charge in [0.15, 0.2) is 0 Å². The lowest BCUT2D eigenvalue weighted by molar-refractivity contribution is -0.384. The summed E-state index contributed by atoms with van der Waals surface area (Å²) in [6, 6.07) is 18.9. The van der Waals surface area contributed by atoms with Crippen LogP contribution in [0.15, 0.2) is 85.1 Å². The van der Waals surface area contributed by atoms with Crippen molar-refractivity contribution in [2.24, 2.45) is 0 Å². The summed E-state index contributed by atoms with van der Waals surface area (Å²) >= 11 is 0. The second-order valence-electron chi connectivity index (χ2n) is 6.72. The average molecular weight is 399 g/mol. The molecule has 30 heavy (non-hydrogen) atoms. The highest BCUT2D eigenvalue weighted by Crippen LogP contribution is 2.33. The number of carbonyl (C=O) groups is 2. The molecule has 148 valence electrons. The summed E-state index contributed by atoms with van der Waals surface area (Å²) in [7, 11) is 0. The summed E-state index contributed by atoms with van der Waals surface area (Å²) in [5, 5.41) is 16.0. The number of nitro benzene ring substituents is 1. The lowest BCUT2D eigenvalue weighted by Gasteiger charge is -2.13. The number of imide groups is 1. The Bertz CT molecular complexity index is 1220. The molecule has 3 aromatic carbocycles. The summed E-state index contributed by atoms with van der Waals surface area (Å²) in [6.07, 6.45) is 1.48. The zero-order valence-corrected chi connectivity index (χ0v) is 15.9. The van der Waals surface area contributed by atoms with Gasteiger partial charge < -0.3 is 5.32 Å². The molecule has 1 N–H and O–H groups in total. The monoisotopic (exact) mass is 399 g/mol. The van der Waals surface area contributed by atoms with Gasteiger partial charge in [0.25, 0.3) is 17.5 Å². The fraction of sp³-hybridized carbons (Fsp3) is 0.0435. The first-order valence-corrected chi connectivity index (χ1v) is 9.22. The number of nitro groups is 1. The number of nitrogens with one attached hydrogen (secondary N) is 1. The first kappa shape index (κ1) is 19.1. The topological polar surface area (TPSA) is 92.6 Å². The molecule has 7 nitrogen and oxygen atoms in total. The van der Waals surface area contributed by atoms with E-state index in [1.165, 1.54) is 30.3 Å². The summed E-state index contributed by atoms with van der Waals surface area (Å²) in [6.45, 7) is 3.68. The number of amides is 2. The molecule has 0 saturated carbocycles. The number of rotatable bonds is 6. The maximum absolute atomic E-state index is 13.0. The molecule has 0 aromatic heterocycles. The molecule has 2 amide bonds. The van der Waals surface area contributed by atoms with Crippen LogP contribution >= 0.6 is 0 Å². The number of non-ortho nitro benzene ring substituents is 1. The molecule has 7 heteroatoms. The van der Waals surface area contributed by atoms with Gasteiger partial charge in [-0.05, 0) is 29.1 Å². The second-order valence-corrected chi connectivity index (χ2v) is 6.72. The van der Waals surface area contributed by atoms with Crippen LogP contribution in [0.25, 0.3) is 16.3 Å². The number of hydrogen-bond acceptors (Lipinski definition) is 5. The lowest BCUT2D eigenvalue weighted by Crippen LogP contribution is -2.32. The van der Waals surface area contributed by atoms with E-state index in [4.69, 9.17) is 0 Å². The summed E-state index contributed by atoms with van der Waals surface area (Å²) in [5.74, 6) is -0.947. The lowest BCUT2D eigenvalue weighted by atomic mass is 10.0. The SMILES string of the molecule is C=CCN1C(=O)C(Nc2cccc3ccccc23)=C(c2ccc([N+](=O)[O-])cc2)C1=O. The zero-order valence-electron chi connectivity index (χ0n) is 15.9. The Labute approximate surface area is 172 Å². The molecular formula is C23H17N3O4. The number of hydrogen-bond donors (Lipinski definition) is 1. The third kappa shape index (κ3) is 3.22. The highest BCUT2D eigenvalue weighted by Gasteiger charge is 2.38. The summed E-state index contributed by atoms with van der Waals surface area (Å²) in [4.78, 5) is 37.6. The fourth-order valence-corrected chi connectivity index (χ4v) is 3.47. The molecule has 0 saturated heterocycles. The van der Waals surface area contributed by atoms with E-state index in [-0.39, 0.29) is 23.5 Å². The third-order valence-corrected chi connectivity index (χ3v) is 4.90. The Balaban J connectivity index is 1.84. The van der Waals surface area contributed by atoms with E-state index in [2.05, 4.69) is 11.9 Å². The normalized spacial score (nSPS) is 13.8. The van der Waals surface area contributed by atoms with Crippen molar-refractivity contribution >= 4 is 39.5 Å². The van der Waals surface area contributed by atoms with Crippen LogP contribution in [0, 0.1) is 10.1 Å². The standard InChI is InChI=1S/C23H17N3O4/c1-2-14-25-22(27)20(16-10-12-17(13-11-16)26(29)30)21(23(25)28)24-19-9-5-7-15-6-3-4-8-18(15)19/h2-13,24H,1,14H2. The number of nitrogens with zero attached hydrogens (tertiary/aromatic N) is 2. The van der Waals surface area contributed by atoms with Crippen molar-refractivity contribution in [2.75, 3.05) is 11.9 Å². The first-order chi connectivity index (χ1) is 14.5. The van der Waals surface area contributed by atoms with Crippen LogP contribution < -0.4 is 5.32 Å². The Hall–Kier alpha value is -4.26. The predicted octanol–water partition coefficient (Wildman–Crippen LogP) is 4.13. The quantitative estimate of drug-likeness (QED) is 0.291. The molecular weight excluding hydrogens is 382 g/mol. The van der Waals surface area contributed by atoms with E-state index in [0.29, 0.717) is 11.3 Å². The van der Waals surface area contributed by atoms with Gasteiger partial charge in [-0.2, -0.15) is 0 Å². The molecule has 0 atom stereocenters. The molecule has 0 unspecified atom stereocenters. The van der Waals surface area contributed by atoms with E-state index in [0.717, 1.165) is 15.7 Å². The van der Waals surface area contributed by atoms with Crippen molar-refractivity contribution in [3.63, 3.8) is 0 Å². The van der Waals surface area contributed by atoms with Gasteiger partial charge in [-0.3, -0.25) is 24.6 Å². The number of fused-ring (bicyclic) bond motifs is 1.